The molecule has 1 heterocycles. The maximum absolute atomic E-state index is 12.8. The Kier molecular flexibility index (Phi) is 4.31. The second-order valence-electron chi connectivity index (χ2n) is 4.83. The van der Waals surface area contributed by atoms with Crippen molar-refractivity contribution >= 4 is 5.97 Å². The molecule has 1 N–H and O–H groups in total. The Balaban J connectivity index is 1.97. The molecule has 0 aliphatic carbocycles. The smallest absolute Gasteiger partial charge is 0.306 e. The molecule has 1 saturated heterocycles. The van der Waals surface area contributed by atoms with E-state index in [1.54, 1.807) is 12.1 Å². The molecule has 0 amide bonds. The summed E-state index contributed by atoms with van der Waals surface area (Å²) in [6.45, 7) is 1.39. The highest BCUT2D eigenvalue weighted by Crippen LogP contribution is 2.24. The summed E-state index contributed by atoms with van der Waals surface area (Å²) in [6.07, 6.45) is 2.02. The van der Waals surface area contributed by atoms with Gasteiger partial charge < -0.3 is 9.84 Å². The lowest BCUT2D eigenvalue weighted by atomic mass is 9.89. The third-order valence-corrected chi connectivity index (χ3v) is 3.39. The molecule has 4 heteroatoms. The summed E-state index contributed by atoms with van der Waals surface area (Å²) >= 11 is 0. The standard InChI is InChI=1S/C14H17FO3/c15-13-3-1-10(2-4-13)7-12(14(16)17)8-11-5-6-18-9-11/h1-4,11-12H,5-9H2,(H,16,17). The van der Waals surface area contributed by atoms with E-state index < -0.39 is 11.9 Å². The highest BCUT2D eigenvalue weighted by atomic mass is 19.1. The Morgan fingerprint density at radius 2 is 2.17 bits per heavy atom. The van der Waals surface area contributed by atoms with Crippen LogP contribution in [0.2, 0.25) is 0 Å². The highest BCUT2D eigenvalue weighted by Gasteiger charge is 2.25. The van der Waals surface area contributed by atoms with Crippen molar-refractivity contribution in [1.82, 2.24) is 0 Å². The summed E-state index contributed by atoms with van der Waals surface area (Å²) in [7, 11) is 0. The molecule has 1 aliphatic heterocycles. The van der Waals surface area contributed by atoms with Gasteiger partial charge in [-0.1, -0.05) is 12.1 Å². The summed E-state index contributed by atoms with van der Waals surface area (Å²) in [5.41, 5.74) is 0.864. The predicted octanol–water partition coefficient (Wildman–Crippen LogP) is 2.50. The van der Waals surface area contributed by atoms with E-state index in [0.717, 1.165) is 18.6 Å². The van der Waals surface area contributed by atoms with Crippen LogP contribution in [-0.2, 0) is 16.0 Å². The van der Waals surface area contributed by atoms with Gasteiger partial charge in [0.2, 0.25) is 0 Å². The number of halogens is 1. The lowest BCUT2D eigenvalue weighted by molar-refractivity contribution is -0.142. The van der Waals surface area contributed by atoms with Gasteiger partial charge in [0.1, 0.15) is 5.82 Å². The first-order valence-electron chi connectivity index (χ1n) is 6.20. The van der Waals surface area contributed by atoms with E-state index in [-0.39, 0.29) is 5.82 Å². The molecule has 3 nitrogen and oxygen atoms in total. The molecule has 98 valence electrons. The van der Waals surface area contributed by atoms with E-state index in [9.17, 15) is 14.3 Å². The molecule has 0 aromatic heterocycles. The minimum atomic E-state index is -0.786. The van der Waals surface area contributed by atoms with Crippen LogP contribution >= 0.6 is 0 Å². The van der Waals surface area contributed by atoms with Crippen molar-refractivity contribution in [3.8, 4) is 0 Å². The Morgan fingerprint density at radius 1 is 1.44 bits per heavy atom. The molecule has 2 rings (SSSR count). The van der Waals surface area contributed by atoms with E-state index in [1.807, 2.05) is 0 Å². The molecular weight excluding hydrogens is 235 g/mol. The summed E-state index contributed by atoms with van der Waals surface area (Å²) in [5, 5.41) is 9.23. The Bertz CT molecular complexity index is 396. The van der Waals surface area contributed by atoms with Gasteiger partial charge in [0, 0.05) is 13.2 Å². The van der Waals surface area contributed by atoms with E-state index in [0.29, 0.717) is 25.4 Å². The summed E-state index contributed by atoms with van der Waals surface area (Å²) in [6, 6.07) is 6.03. The van der Waals surface area contributed by atoms with Crippen LogP contribution in [-0.4, -0.2) is 24.3 Å². The largest absolute Gasteiger partial charge is 0.481 e. The van der Waals surface area contributed by atoms with Crippen LogP contribution in [0.1, 0.15) is 18.4 Å². The second-order valence-corrected chi connectivity index (χ2v) is 4.83. The molecular formula is C14H17FO3. The first-order valence-corrected chi connectivity index (χ1v) is 6.20. The first-order chi connectivity index (χ1) is 8.65. The number of aliphatic carboxylic acids is 1. The van der Waals surface area contributed by atoms with Gasteiger partial charge in [0.05, 0.1) is 5.92 Å². The number of carbonyl (C=O) groups is 1. The highest BCUT2D eigenvalue weighted by molar-refractivity contribution is 5.70. The molecule has 0 bridgehead atoms. The zero-order valence-electron chi connectivity index (χ0n) is 10.1. The summed E-state index contributed by atoms with van der Waals surface area (Å²) < 4.78 is 18.0. The van der Waals surface area contributed by atoms with Crippen molar-refractivity contribution < 1.29 is 19.0 Å². The monoisotopic (exact) mass is 252 g/mol. The molecule has 18 heavy (non-hydrogen) atoms. The minimum Gasteiger partial charge on any atom is -0.481 e. The molecule has 0 saturated carbocycles. The number of hydrogen-bond acceptors (Lipinski definition) is 2. The zero-order chi connectivity index (χ0) is 13.0. The number of hydrogen-bond donors (Lipinski definition) is 1. The fourth-order valence-electron chi connectivity index (χ4n) is 2.35. The summed E-state index contributed by atoms with van der Waals surface area (Å²) in [4.78, 5) is 11.2. The lowest BCUT2D eigenvalue weighted by Gasteiger charge is -2.15. The van der Waals surface area contributed by atoms with Gasteiger partial charge >= 0.3 is 5.97 Å². The lowest BCUT2D eigenvalue weighted by Crippen LogP contribution is -2.20. The maximum atomic E-state index is 12.8. The third-order valence-electron chi connectivity index (χ3n) is 3.39. The average molecular weight is 252 g/mol. The Hall–Kier alpha value is -1.42. The number of benzene rings is 1. The number of carboxylic acid groups (broad SMARTS) is 1. The van der Waals surface area contributed by atoms with E-state index in [2.05, 4.69) is 0 Å². The molecule has 2 unspecified atom stereocenters. The average Bonchev–Trinajstić information content (AvgIpc) is 2.84. The molecule has 1 aliphatic rings. The quantitative estimate of drug-likeness (QED) is 0.875. The molecule has 2 atom stereocenters. The number of ether oxygens (including phenoxy) is 1. The zero-order valence-corrected chi connectivity index (χ0v) is 10.1. The first kappa shape index (κ1) is 13.0. The third kappa shape index (κ3) is 3.53. The van der Waals surface area contributed by atoms with Gasteiger partial charge in [-0.15, -0.1) is 0 Å². The van der Waals surface area contributed by atoms with E-state index >= 15 is 0 Å². The molecule has 1 aromatic rings. The van der Waals surface area contributed by atoms with Crippen molar-refractivity contribution in [3.63, 3.8) is 0 Å². The SMILES string of the molecule is O=C(O)C(Cc1ccc(F)cc1)CC1CCOC1. The van der Waals surface area contributed by atoms with Crippen LogP contribution in [0.5, 0.6) is 0 Å². The topological polar surface area (TPSA) is 46.5 Å². The van der Waals surface area contributed by atoms with Gasteiger partial charge in [0.15, 0.2) is 0 Å². The molecule has 1 aromatic carbocycles. The molecule has 0 radical (unpaired) electrons. The normalized spacial score (nSPS) is 20.8. The van der Waals surface area contributed by atoms with Crippen LogP contribution in [0.4, 0.5) is 4.39 Å². The van der Waals surface area contributed by atoms with Crippen molar-refractivity contribution in [2.24, 2.45) is 11.8 Å². The minimum absolute atomic E-state index is 0.296. The van der Waals surface area contributed by atoms with Crippen LogP contribution < -0.4 is 0 Å². The van der Waals surface area contributed by atoms with Gasteiger partial charge in [-0.3, -0.25) is 4.79 Å². The Labute approximate surface area is 106 Å². The number of rotatable bonds is 5. The van der Waals surface area contributed by atoms with E-state index in [1.165, 1.54) is 12.1 Å². The fraction of sp³-hybridized carbons (Fsp3) is 0.500. The van der Waals surface area contributed by atoms with Crippen LogP contribution in [0.3, 0.4) is 0 Å². The van der Waals surface area contributed by atoms with Crippen molar-refractivity contribution in [1.29, 1.82) is 0 Å². The fourth-order valence-corrected chi connectivity index (χ4v) is 2.35. The molecule has 1 fully saturated rings. The van der Waals surface area contributed by atoms with Gasteiger partial charge in [-0.05, 0) is 42.9 Å². The van der Waals surface area contributed by atoms with Gasteiger partial charge in [-0.25, -0.2) is 4.39 Å². The maximum Gasteiger partial charge on any atom is 0.306 e. The predicted molar refractivity (Wildman–Crippen MR) is 64.8 cm³/mol. The Morgan fingerprint density at radius 3 is 2.72 bits per heavy atom. The van der Waals surface area contributed by atoms with Crippen LogP contribution in [0.15, 0.2) is 24.3 Å². The van der Waals surface area contributed by atoms with Crippen molar-refractivity contribution in [3.05, 3.63) is 35.6 Å². The molecule has 0 spiro atoms. The van der Waals surface area contributed by atoms with Gasteiger partial charge in [-0.2, -0.15) is 0 Å². The van der Waals surface area contributed by atoms with E-state index in [4.69, 9.17) is 4.74 Å². The summed E-state index contributed by atoms with van der Waals surface area (Å²) in [5.74, 6) is -1.16. The van der Waals surface area contributed by atoms with Crippen molar-refractivity contribution in [2.45, 2.75) is 19.3 Å². The second kappa shape index (κ2) is 5.96. The van der Waals surface area contributed by atoms with Crippen LogP contribution in [0.25, 0.3) is 0 Å². The van der Waals surface area contributed by atoms with Crippen LogP contribution in [0, 0.1) is 17.7 Å². The van der Waals surface area contributed by atoms with Crippen molar-refractivity contribution in [2.75, 3.05) is 13.2 Å². The number of carboxylic acids is 1. The van der Waals surface area contributed by atoms with Gasteiger partial charge in [0.25, 0.3) is 0 Å².